The van der Waals surface area contributed by atoms with Gasteiger partial charge in [-0.25, -0.2) is 4.99 Å². The summed E-state index contributed by atoms with van der Waals surface area (Å²) in [5.74, 6) is 1.82. The van der Waals surface area contributed by atoms with Gasteiger partial charge in [0.1, 0.15) is 12.2 Å². The van der Waals surface area contributed by atoms with Crippen molar-refractivity contribution >= 4 is 47.7 Å². The number of ether oxygens (including phenoxy) is 1. The molecule has 0 spiro atoms. The number of para-hydroxylation sites is 2. The van der Waals surface area contributed by atoms with Gasteiger partial charge < -0.3 is 23.7 Å². The number of benzene rings is 2. The Bertz CT molecular complexity index is 926. The molecule has 0 saturated heterocycles. The van der Waals surface area contributed by atoms with Crippen LogP contribution in [0.2, 0.25) is 6.04 Å². The Balaban J connectivity index is 2.09. The smallest absolute Gasteiger partial charge is 0.374 e. The van der Waals surface area contributed by atoms with E-state index < -0.39 is 8.80 Å². The molecular weight excluding hydrogens is 571 g/mol. The molecule has 0 bridgehead atoms. The van der Waals surface area contributed by atoms with Crippen molar-refractivity contribution in [2.75, 3.05) is 36.4 Å². The summed E-state index contributed by atoms with van der Waals surface area (Å²) in [4.78, 5) is 6.80. The summed E-state index contributed by atoms with van der Waals surface area (Å²) in [6.45, 7) is 10.00. The minimum absolute atomic E-state index is 0.229. The first-order valence-electron chi connectivity index (χ1n) is 15.1. The molecule has 0 aliphatic heterocycles. The maximum absolute atomic E-state index is 6.68. The number of guanidine groups is 1. The number of hydrogen-bond donors (Lipinski definition) is 1. The van der Waals surface area contributed by atoms with E-state index >= 15 is 0 Å². The molecule has 0 aliphatic carbocycles. The lowest BCUT2D eigenvalue weighted by Gasteiger charge is -2.32. The number of unbranched alkanes of at least 4 members (excludes halogenated alkanes) is 5. The van der Waals surface area contributed by atoms with Crippen LogP contribution in [0.15, 0.2) is 65.7 Å². The Morgan fingerprint density at radius 3 is 2.00 bits per heavy atom. The molecule has 2 rings (SSSR count). The molecule has 230 valence electrons. The Kier molecular flexibility index (Phi) is 19.2. The van der Waals surface area contributed by atoms with E-state index in [1.54, 1.807) is 21.6 Å². The number of rotatable bonds is 23. The van der Waals surface area contributed by atoms with E-state index in [4.69, 9.17) is 28.7 Å². The maximum Gasteiger partial charge on any atom is 0.501 e. The molecule has 2 aromatic carbocycles. The van der Waals surface area contributed by atoms with Crippen LogP contribution in [0, 0.1) is 0 Å². The number of hydrogen-bond acceptors (Lipinski definition) is 7. The van der Waals surface area contributed by atoms with Crippen molar-refractivity contribution in [1.82, 2.24) is 0 Å². The highest BCUT2D eigenvalue weighted by Crippen LogP contribution is 2.29. The molecule has 0 radical (unpaired) electrons. The van der Waals surface area contributed by atoms with E-state index in [-0.39, 0.29) is 6.23 Å². The topological polar surface area (TPSA) is 78.5 Å². The van der Waals surface area contributed by atoms with Gasteiger partial charge in [0.15, 0.2) is 0 Å². The molecule has 0 amide bonds. The first-order valence-corrected chi connectivity index (χ1v) is 19.5. The van der Waals surface area contributed by atoms with E-state index in [1.807, 2.05) is 74.2 Å². The highest BCUT2D eigenvalue weighted by molar-refractivity contribution is 8.76. The second-order valence-corrected chi connectivity index (χ2v) is 14.7. The van der Waals surface area contributed by atoms with Crippen molar-refractivity contribution in [2.24, 2.45) is 10.7 Å². The van der Waals surface area contributed by atoms with Crippen molar-refractivity contribution < 1.29 is 18.0 Å². The van der Waals surface area contributed by atoms with Gasteiger partial charge in [-0.3, -0.25) is 4.90 Å². The summed E-state index contributed by atoms with van der Waals surface area (Å²) < 4.78 is 24.5. The lowest BCUT2D eigenvalue weighted by molar-refractivity contribution is 0.0728. The fourth-order valence-corrected chi connectivity index (χ4v) is 9.69. The van der Waals surface area contributed by atoms with Gasteiger partial charge in [-0.15, -0.1) is 0 Å². The van der Waals surface area contributed by atoms with Crippen LogP contribution in [-0.2, 0) is 18.0 Å². The zero-order valence-corrected chi connectivity index (χ0v) is 28.1. The van der Waals surface area contributed by atoms with Gasteiger partial charge in [0.2, 0.25) is 5.96 Å². The lowest BCUT2D eigenvalue weighted by atomic mass is 10.1. The molecule has 0 fully saturated rings. The first kappa shape index (κ1) is 35.7. The van der Waals surface area contributed by atoms with Crippen LogP contribution >= 0.6 is 21.6 Å². The Hall–Kier alpha value is -1.53. The molecule has 1 unspecified atom stereocenters. The number of aliphatic imine (C=N–C) groups is 1. The Morgan fingerprint density at radius 1 is 0.805 bits per heavy atom. The molecular formula is C31H51N3O4S2Si. The molecule has 0 saturated carbocycles. The summed E-state index contributed by atoms with van der Waals surface area (Å²) in [6.07, 6.45) is 7.96. The van der Waals surface area contributed by atoms with Crippen molar-refractivity contribution in [3.8, 4) is 0 Å². The van der Waals surface area contributed by atoms with E-state index in [9.17, 15) is 0 Å². The van der Waals surface area contributed by atoms with Crippen LogP contribution in [0.5, 0.6) is 0 Å². The average Bonchev–Trinajstić information content (AvgIpc) is 2.98. The molecule has 0 heterocycles. The molecule has 10 heteroatoms. The van der Waals surface area contributed by atoms with Gasteiger partial charge >= 0.3 is 8.80 Å². The largest absolute Gasteiger partial charge is 0.501 e. The SMILES string of the molecule is CCCCCCCCC(OCSSCC[Si](OCC)(OCC)OCC)N(C(N)=Nc1ccccc1)c1ccccc1. The minimum atomic E-state index is -2.64. The van der Waals surface area contributed by atoms with Crippen LogP contribution < -0.4 is 10.6 Å². The van der Waals surface area contributed by atoms with Crippen molar-refractivity contribution in [3.63, 3.8) is 0 Å². The van der Waals surface area contributed by atoms with Crippen LogP contribution in [0.25, 0.3) is 0 Å². The molecule has 7 nitrogen and oxygen atoms in total. The molecule has 1 atom stereocenters. The third-order valence-corrected chi connectivity index (χ3v) is 11.8. The second kappa shape index (κ2) is 22.1. The highest BCUT2D eigenvalue weighted by Gasteiger charge is 2.39. The van der Waals surface area contributed by atoms with Crippen LogP contribution in [-0.4, -0.2) is 52.5 Å². The third kappa shape index (κ3) is 14.0. The lowest BCUT2D eigenvalue weighted by Crippen LogP contribution is -2.46. The molecule has 2 N–H and O–H groups in total. The predicted molar refractivity (Wildman–Crippen MR) is 180 cm³/mol. The van der Waals surface area contributed by atoms with Gasteiger partial charge in [0, 0.05) is 37.3 Å². The molecule has 0 aromatic heterocycles. The molecule has 2 aromatic rings. The van der Waals surface area contributed by atoms with Crippen molar-refractivity contribution in [3.05, 3.63) is 60.7 Å². The molecule has 41 heavy (non-hydrogen) atoms. The highest BCUT2D eigenvalue weighted by atomic mass is 33.1. The summed E-state index contributed by atoms with van der Waals surface area (Å²) in [5, 5.41) is 0. The fraction of sp³-hybridized carbons (Fsp3) is 0.581. The van der Waals surface area contributed by atoms with E-state index in [0.29, 0.717) is 31.7 Å². The predicted octanol–water partition coefficient (Wildman–Crippen LogP) is 8.62. The Morgan fingerprint density at radius 2 is 1.39 bits per heavy atom. The van der Waals surface area contributed by atoms with E-state index in [1.165, 1.54) is 32.1 Å². The number of nitrogens with zero attached hydrogens (tertiary/aromatic N) is 2. The van der Waals surface area contributed by atoms with Gasteiger partial charge in [-0.2, -0.15) is 0 Å². The number of nitrogens with two attached hydrogens (primary N) is 1. The van der Waals surface area contributed by atoms with Crippen LogP contribution in [0.4, 0.5) is 11.4 Å². The second-order valence-electron chi connectivity index (χ2n) is 9.48. The zero-order valence-electron chi connectivity index (χ0n) is 25.5. The quantitative estimate of drug-likeness (QED) is 0.0330. The maximum atomic E-state index is 6.68. The summed E-state index contributed by atoms with van der Waals surface area (Å²) in [6, 6.07) is 20.8. The van der Waals surface area contributed by atoms with Crippen LogP contribution in [0.1, 0.15) is 72.6 Å². The summed E-state index contributed by atoms with van der Waals surface area (Å²) in [7, 11) is 0.821. The van der Waals surface area contributed by atoms with Crippen LogP contribution in [0.3, 0.4) is 0 Å². The van der Waals surface area contributed by atoms with Crippen molar-refractivity contribution in [2.45, 2.75) is 84.9 Å². The van der Waals surface area contributed by atoms with Gasteiger partial charge in [-0.05, 0) is 57.9 Å². The third-order valence-electron chi connectivity index (χ3n) is 6.35. The van der Waals surface area contributed by atoms with Gasteiger partial charge in [0.05, 0.1) is 5.69 Å². The minimum Gasteiger partial charge on any atom is -0.374 e. The standard InChI is InChI=1S/C31H51N3O4S2Si/c1-5-9-10-11-12-19-24-30(35-27-40-39-25-26-41(36-6-2,37-7-3)38-8-4)34(29-22-17-14-18-23-29)31(32)33-28-20-15-13-16-21-28/h13-18,20-23,30H,5-12,19,24-27H2,1-4H3,(H2,32,33). The average molecular weight is 622 g/mol. The molecule has 0 aliphatic rings. The summed E-state index contributed by atoms with van der Waals surface area (Å²) in [5.41, 5.74) is 8.48. The normalized spacial score (nSPS) is 12.9. The monoisotopic (exact) mass is 621 g/mol. The summed E-state index contributed by atoms with van der Waals surface area (Å²) >= 11 is 0. The van der Waals surface area contributed by atoms with Crippen molar-refractivity contribution in [1.29, 1.82) is 0 Å². The van der Waals surface area contributed by atoms with Gasteiger partial charge in [0.25, 0.3) is 0 Å². The number of anilines is 1. The first-order chi connectivity index (χ1) is 20.1. The Labute approximate surface area is 257 Å². The van der Waals surface area contributed by atoms with Gasteiger partial charge in [-0.1, -0.05) is 97.0 Å². The van der Waals surface area contributed by atoms with E-state index in [2.05, 4.69) is 19.1 Å². The zero-order chi connectivity index (χ0) is 29.6. The van der Waals surface area contributed by atoms with E-state index in [0.717, 1.165) is 36.0 Å². The fourth-order valence-electron chi connectivity index (χ4n) is 4.48.